The number of rotatable bonds is 8. The van der Waals surface area contributed by atoms with Crippen molar-refractivity contribution in [1.29, 1.82) is 0 Å². The van der Waals surface area contributed by atoms with Gasteiger partial charge in [0.25, 0.3) is 0 Å². The van der Waals surface area contributed by atoms with E-state index in [0.29, 0.717) is 29.1 Å². The number of hydroxylamine groups is 1. The summed E-state index contributed by atoms with van der Waals surface area (Å²) < 4.78 is 0. The smallest absolute Gasteiger partial charge is 0.0735 e. The van der Waals surface area contributed by atoms with Gasteiger partial charge in [0.2, 0.25) is 0 Å². The lowest BCUT2D eigenvalue weighted by atomic mass is 9.43. The SMILES string of the molecule is CN(C)CCCCONCC1CC[C@@]2(O)[C@@H]3CCC4CC(O)CC[C@]4(C)[C@@H]3CC[C@]12C. The Labute approximate surface area is 190 Å². The minimum absolute atomic E-state index is 0.00712. The van der Waals surface area contributed by atoms with Gasteiger partial charge in [-0.3, -0.25) is 0 Å². The lowest BCUT2D eigenvalue weighted by molar-refractivity contribution is -0.211. The van der Waals surface area contributed by atoms with Crippen LogP contribution in [0, 0.1) is 34.5 Å². The lowest BCUT2D eigenvalue weighted by Crippen LogP contribution is -2.62. The first-order valence-corrected chi connectivity index (χ1v) is 13.1. The number of hydrogen-bond acceptors (Lipinski definition) is 5. The van der Waals surface area contributed by atoms with Crippen molar-refractivity contribution >= 4 is 0 Å². The molecule has 4 aliphatic rings. The van der Waals surface area contributed by atoms with Crippen molar-refractivity contribution in [3.63, 3.8) is 0 Å². The summed E-state index contributed by atoms with van der Waals surface area (Å²) in [5, 5.41) is 22.4. The highest BCUT2D eigenvalue weighted by Crippen LogP contribution is 2.68. The van der Waals surface area contributed by atoms with Crippen LogP contribution >= 0.6 is 0 Å². The molecule has 4 saturated carbocycles. The summed E-state index contributed by atoms with van der Waals surface area (Å²) in [5.74, 6) is 2.18. The fraction of sp³-hybridized carbons (Fsp3) is 1.00. The number of unbranched alkanes of at least 4 members (excludes halogenated alkanes) is 1. The Morgan fingerprint density at radius 2 is 1.77 bits per heavy atom. The zero-order valence-electron chi connectivity index (χ0n) is 20.5. The number of nitrogens with zero attached hydrogens (tertiary/aromatic N) is 1. The first kappa shape index (κ1) is 23.9. The minimum Gasteiger partial charge on any atom is -0.393 e. The highest BCUT2D eigenvalue weighted by molar-refractivity contribution is 5.16. The fourth-order valence-electron chi connectivity index (χ4n) is 8.48. The molecule has 31 heavy (non-hydrogen) atoms. The van der Waals surface area contributed by atoms with Crippen molar-refractivity contribution in [3.05, 3.63) is 0 Å². The predicted octanol–water partition coefficient (Wildman–Crippen LogP) is 3.98. The number of aliphatic hydroxyl groups is 2. The molecule has 0 amide bonds. The van der Waals surface area contributed by atoms with Gasteiger partial charge in [0, 0.05) is 12.0 Å². The summed E-state index contributed by atoms with van der Waals surface area (Å²) in [6, 6.07) is 0. The van der Waals surface area contributed by atoms with Gasteiger partial charge >= 0.3 is 0 Å². The molecule has 0 bridgehead atoms. The maximum atomic E-state index is 12.2. The molecular formula is C26H48N2O3. The third-order valence-electron chi connectivity index (χ3n) is 10.5. The maximum Gasteiger partial charge on any atom is 0.0735 e. The number of hydrogen-bond donors (Lipinski definition) is 3. The Kier molecular flexibility index (Phi) is 7.11. The molecule has 4 rings (SSSR count). The van der Waals surface area contributed by atoms with E-state index in [1.165, 1.54) is 12.8 Å². The van der Waals surface area contributed by atoms with Crippen LogP contribution in [-0.4, -0.2) is 60.6 Å². The van der Waals surface area contributed by atoms with E-state index in [-0.39, 0.29) is 11.5 Å². The minimum atomic E-state index is -0.530. The summed E-state index contributed by atoms with van der Waals surface area (Å²) in [6.45, 7) is 7.59. The third-order valence-corrected chi connectivity index (χ3v) is 10.5. The van der Waals surface area contributed by atoms with Crippen LogP contribution < -0.4 is 5.48 Å². The monoisotopic (exact) mass is 436 g/mol. The first-order valence-electron chi connectivity index (χ1n) is 13.1. The molecule has 8 atom stereocenters. The molecule has 5 nitrogen and oxygen atoms in total. The Bertz CT molecular complexity index is 615. The molecule has 3 N–H and O–H groups in total. The second kappa shape index (κ2) is 9.21. The second-order valence-corrected chi connectivity index (χ2v) is 12.2. The van der Waals surface area contributed by atoms with Gasteiger partial charge in [0.05, 0.1) is 18.3 Å². The molecule has 3 unspecified atom stereocenters. The first-order chi connectivity index (χ1) is 14.7. The van der Waals surface area contributed by atoms with Crippen LogP contribution in [0.3, 0.4) is 0 Å². The summed E-state index contributed by atoms with van der Waals surface area (Å²) in [5.41, 5.74) is 3.04. The number of aliphatic hydroxyl groups excluding tert-OH is 1. The molecule has 0 aromatic heterocycles. The molecule has 5 heteroatoms. The van der Waals surface area contributed by atoms with Gasteiger partial charge in [-0.25, -0.2) is 5.48 Å². The van der Waals surface area contributed by atoms with Crippen LogP contribution in [0.25, 0.3) is 0 Å². The Morgan fingerprint density at radius 3 is 2.55 bits per heavy atom. The topological polar surface area (TPSA) is 65.0 Å². The Hall–Kier alpha value is -0.200. The van der Waals surface area contributed by atoms with Gasteiger partial charge in [0.15, 0.2) is 0 Å². The standard InChI is InChI=1S/C26H48N2O3/c1-24-12-10-21(29)17-19(24)7-8-23-22(24)11-13-25(2)20(9-14-26(23,25)30)18-27-31-16-6-5-15-28(3)4/h19-23,27,29-30H,5-18H2,1-4H3/t19?,20?,21?,22-,23-,24+,25-,26-/m1/s1. The van der Waals surface area contributed by atoms with E-state index in [1.807, 2.05) is 0 Å². The quantitative estimate of drug-likeness (QED) is 0.397. The zero-order chi connectivity index (χ0) is 22.3. The number of fused-ring (bicyclic) bond motifs is 5. The van der Waals surface area contributed by atoms with E-state index in [9.17, 15) is 10.2 Å². The van der Waals surface area contributed by atoms with Crippen molar-refractivity contribution in [2.75, 3.05) is 33.8 Å². The highest BCUT2D eigenvalue weighted by atomic mass is 16.6. The van der Waals surface area contributed by atoms with Gasteiger partial charge in [-0.1, -0.05) is 13.8 Å². The second-order valence-electron chi connectivity index (χ2n) is 12.2. The van der Waals surface area contributed by atoms with Crippen LogP contribution in [0.2, 0.25) is 0 Å². The summed E-state index contributed by atoms with van der Waals surface area (Å²) in [7, 11) is 4.22. The predicted molar refractivity (Wildman–Crippen MR) is 124 cm³/mol. The maximum absolute atomic E-state index is 12.2. The third kappa shape index (κ3) is 4.23. The fourth-order valence-corrected chi connectivity index (χ4v) is 8.48. The van der Waals surface area contributed by atoms with Crippen molar-refractivity contribution in [3.8, 4) is 0 Å². The van der Waals surface area contributed by atoms with E-state index in [1.54, 1.807) is 0 Å². The molecule has 0 saturated heterocycles. The molecule has 0 aliphatic heterocycles. The molecule has 4 aliphatic carbocycles. The molecule has 0 spiro atoms. The zero-order valence-corrected chi connectivity index (χ0v) is 20.5. The molecule has 0 aromatic rings. The van der Waals surface area contributed by atoms with Crippen LogP contribution in [0.1, 0.15) is 84.5 Å². The van der Waals surface area contributed by atoms with E-state index in [4.69, 9.17) is 4.84 Å². The van der Waals surface area contributed by atoms with Gasteiger partial charge in [-0.05, 0) is 120 Å². The molecule has 0 aromatic carbocycles. The van der Waals surface area contributed by atoms with Crippen LogP contribution in [0.5, 0.6) is 0 Å². The van der Waals surface area contributed by atoms with E-state index in [2.05, 4.69) is 38.3 Å². The summed E-state index contributed by atoms with van der Waals surface area (Å²) in [6.07, 6.45) is 12.0. The van der Waals surface area contributed by atoms with Crippen molar-refractivity contribution in [2.24, 2.45) is 34.5 Å². The van der Waals surface area contributed by atoms with Gasteiger partial charge in [0.1, 0.15) is 0 Å². The summed E-state index contributed by atoms with van der Waals surface area (Å²) >= 11 is 0. The summed E-state index contributed by atoms with van der Waals surface area (Å²) in [4.78, 5) is 7.98. The van der Waals surface area contributed by atoms with Gasteiger partial charge < -0.3 is 20.0 Å². The highest BCUT2D eigenvalue weighted by Gasteiger charge is 2.66. The number of nitrogens with one attached hydrogen (secondary N) is 1. The Balaban J connectivity index is 1.35. The molecule has 4 fully saturated rings. The van der Waals surface area contributed by atoms with E-state index in [0.717, 1.165) is 77.5 Å². The molecule has 0 radical (unpaired) electrons. The Morgan fingerprint density at radius 1 is 0.968 bits per heavy atom. The van der Waals surface area contributed by atoms with Gasteiger partial charge in [-0.2, -0.15) is 0 Å². The van der Waals surface area contributed by atoms with Crippen molar-refractivity contribution in [1.82, 2.24) is 10.4 Å². The van der Waals surface area contributed by atoms with E-state index < -0.39 is 5.60 Å². The van der Waals surface area contributed by atoms with Crippen LogP contribution in [0.4, 0.5) is 0 Å². The van der Waals surface area contributed by atoms with Crippen LogP contribution in [0.15, 0.2) is 0 Å². The normalized spacial score (nSPS) is 47.1. The largest absolute Gasteiger partial charge is 0.393 e. The average molecular weight is 437 g/mol. The molecule has 0 heterocycles. The average Bonchev–Trinajstić information content (AvgIpc) is 2.99. The van der Waals surface area contributed by atoms with Crippen LogP contribution in [-0.2, 0) is 4.84 Å². The lowest BCUT2D eigenvalue weighted by Gasteiger charge is -2.63. The van der Waals surface area contributed by atoms with Gasteiger partial charge in [-0.15, -0.1) is 0 Å². The molecule has 180 valence electrons. The van der Waals surface area contributed by atoms with Crippen molar-refractivity contribution in [2.45, 2.75) is 96.2 Å². The molecular weight excluding hydrogens is 388 g/mol. The van der Waals surface area contributed by atoms with E-state index >= 15 is 0 Å². The van der Waals surface area contributed by atoms with Crippen molar-refractivity contribution < 1.29 is 15.1 Å².